The Morgan fingerprint density at radius 2 is 2.11 bits per heavy atom. The van der Waals surface area contributed by atoms with Crippen LogP contribution in [0.4, 0.5) is 10.1 Å². The highest BCUT2D eigenvalue weighted by atomic mass is 19.1. The predicted octanol–water partition coefficient (Wildman–Crippen LogP) is 1.63. The molecule has 0 unspecified atom stereocenters. The van der Waals surface area contributed by atoms with Crippen LogP contribution in [0.15, 0.2) is 18.2 Å². The molecular formula is C11H13FN2O4. The smallest absolute Gasteiger partial charge is 0.328 e. The first-order chi connectivity index (χ1) is 8.21. The van der Waals surface area contributed by atoms with Gasteiger partial charge in [0.05, 0.1) is 4.92 Å². The fraction of sp³-hybridized carbons (Fsp3) is 0.364. The number of nitrogens with two attached hydrogens (primary N) is 1. The second-order valence-corrected chi connectivity index (χ2v) is 4.25. The van der Waals surface area contributed by atoms with Gasteiger partial charge in [-0.05, 0) is 23.6 Å². The van der Waals surface area contributed by atoms with Crippen LogP contribution in [0.5, 0.6) is 0 Å². The highest BCUT2D eigenvalue weighted by Crippen LogP contribution is 2.30. The molecule has 18 heavy (non-hydrogen) atoms. The molecule has 6 nitrogen and oxygen atoms in total. The van der Waals surface area contributed by atoms with Gasteiger partial charge in [0.15, 0.2) is 0 Å². The normalized spacial score (nSPS) is 14.3. The number of halogens is 1. The second kappa shape index (κ2) is 4.69. The van der Waals surface area contributed by atoms with Crippen molar-refractivity contribution in [3.8, 4) is 0 Å². The Morgan fingerprint density at radius 3 is 2.44 bits per heavy atom. The molecule has 0 amide bonds. The largest absolute Gasteiger partial charge is 0.480 e. The van der Waals surface area contributed by atoms with Crippen LogP contribution in [0.25, 0.3) is 0 Å². The fourth-order valence-electron chi connectivity index (χ4n) is 1.62. The zero-order valence-electron chi connectivity index (χ0n) is 9.88. The molecule has 0 saturated carbocycles. The van der Waals surface area contributed by atoms with Crippen molar-refractivity contribution in [2.24, 2.45) is 11.7 Å². The summed E-state index contributed by atoms with van der Waals surface area (Å²) in [4.78, 5) is 20.8. The lowest BCUT2D eigenvalue weighted by atomic mass is 9.81. The van der Waals surface area contributed by atoms with Gasteiger partial charge in [0.25, 0.3) is 0 Å². The molecule has 1 rings (SSSR count). The van der Waals surface area contributed by atoms with Crippen molar-refractivity contribution >= 4 is 11.7 Å². The van der Waals surface area contributed by atoms with Gasteiger partial charge in [-0.2, -0.15) is 4.39 Å². The number of nitro benzene ring substituents is 1. The standard InChI is InChI=1S/C11H13FN2O4/c1-6(2)11(13,10(15)16)7-3-4-9(14(17)18)8(12)5-7/h3-6H,13H2,1-2H3,(H,15,16)/t11-/m1/s1. The van der Waals surface area contributed by atoms with E-state index in [4.69, 9.17) is 10.8 Å². The maximum atomic E-state index is 13.5. The molecule has 0 bridgehead atoms. The van der Waals surface area contributed by atoms with Crippen molar-refractivity contribution in [2.45, 2.75) is 19.4 Å². The molecule has 7 heteroatoms. The van der Waals surface area contributed by atoms with Gasteiger partial charge in [-0.25, -0.2) is 4.79 Å². The molecule has 98 valence electrons. The van der Waals surface area contributed by atoms with Crippen molar-refractivity contribution in [1.29, 1.82) is 0 Å². The van der Waals surface area contributed by atoms with Crippen molar-refractivity contribution < 1.29 is 19.2 Å². The molecule has 1 atom stereocenters. The molecule has 0 saturated heterocycles. The number of rotatable bonds is 4. The summed E-state index contributed by atoms with van der Waals surface area (Å²) >= 11 is 0. The van der Waals surface area contributed by atoms with Gasteiger partial charge in [0, 0.05) is 6.07 Å². The molecule has 0 aromatic heterocycles. The Balaban J connectivity index is 3.37. The van der Waals surface area contributed by atoms with Crippen molar-refractivity contribution in [1.82, 2.24) is 0 Å². The van der Waals surface area contributed by atoms with Gasteiger partial charge in [-0.1, -0.05) is 13.8 Å². The minimum atomic E-state index is -1.78. The van der Waals surface area contributed by atoms with Crippen LogP contribution in [-0.2, 0) is 10.3 Å². The van der Waals surface area contributed by atoms with Gasteiger partial charge in [0.1, 0.15) is 5.54 Å². The molecule has 1 aromatic rings. The minimum Gasteiger partial charge on any atom is -0.480 e. The van der Waals surface area contributed by atoms with Crippen molar-refractivity contribution in [3.63, 3.8) is 0 Å². The van der Waals surface area contributed by atoms with Crippen LogP contribution in [0, 0.1) is 21.8 Å². The first-order valence-corrected chi connectivity index (χ1v) is 5.18. The molecule has 0 aliphatic heterocycles. The summed E-state index contributed by atoms with van der Waals surface area (Å²) in [5.74, 6) is -2.92. The van der Waals surface area contributed by atoms with Crippen molar-refractivity contribution in [3.05, 3.63) is 39.7 Å². The summed E-state index contributed by atoms with van der Waals surface area (Å²) in [5.41, 5.74) is 3.26. The third kappa shape index (κ3) is 2.17. The average Bonchev–Trinajstić information content (AvgIpc) is 2.26. The monoisotopic (exact) mass is 256 g/mol. The third-order valence-corrected chi connectivity index (χ3v) is 2.89. The molecule has 1 aromatic carbocycles. The first kappa shape index (κ1) is 14.0. The van der Waals surface area contributed by atoms with E-state index >= 15 is 0 Å². The number of nitro groups is 1. The van der Waals surface area contributed by atoms with Crippen LogP contribution in [0.3, 0.4) is 0 Å². The molecule has 0 heterocycles. The van der Waals surface area contributed by atoms with Crippen LogP contribution < -0.4 is 5.73 Å². The average molecular weight is 256 g/mol. The Hall–Kier alpha value is -2.02. The van der Waals surface area contributed by atoms with Gasteiger partial charge in [-0.3, -0.25) is 10.1 Å². The SMILES string of the molecule is CC(C)[C@](N)(C(=O)O)c1ccc([N+](=O)[O-])c(F)c1. The molecule has 0 radical (unpaired) electrons. The number of carboxylic acids is 1. The number of benzene rings is 1. The molecule has 0 spiro atoms. The van der Waals surface area contributed by atoms with Crippen LogP contribution in [0.1, 0.15) is 19.4 Å². The summed E-state index contributed by atoms with van der Waals surface area (Å²) in [6, 6.07) is 2.87. The first-order valence-electron chi connectivity index (χ1n) is 5.18. The lowest BCUT2D eigenvalue weighted by Crippen LogP contribution is -2.49. The Morgan fingerprint density at radius 1 is 1.56 bits per heavy atom. The third-order valence-electron chi connectivity index (χ3n) is 2.89. The summed E-state index contributed by atoms with van der Waals surface area (Å²) in [6.07, 6.45) is 0. The Labute approximate surface area is 102 Å². The van der Waals surface area contributed by atoms with E-state index in [1.165, 1.54) is 0 Å². The number of nitrogens with zero attached hydrogens (tertiary/aromatic N) is 1. The number of hydrogen-bond acceptors (Lipinski definition) is 4. The van der Waals surface area contributed by atoms with E-state index in [-0.39, 0.29) is 5.56 Å². The van der Waals surface area contributed by atoms with Crippen LogP contribution >= 0.6 is 0 Å². The number of carbonyl (C=O) groups is 1. The molecule has 0 fully saturated rings. The number of carboxylic acid groups (broad SMARTS) is 1. The van der Waals surface area contributed by atoms with Gasteiger partial charge < -0.3 is 10.8 Å². The maximum absolute atomic E-state index is 13.5. The van der Waals surface area contributed by atoms with Crippen LogP contribution in [-0.4, -0.2) is 16.0 Å². The zero-order valence-corrected chi connectivity index (χ0v) is 9.88. The van der Waals surface area contributed by atoms with Gasteiger partial charge >= 0.3 is 11.7 Å². The summed E-state index contributed by atoms with van der Waals surface area (Å²) in [6.45, 7) is 3.15. The van der Waals surface area contributed by atoms with E-state index in [1.54, 1.807) is 13.8 Å². The summed E-state index contributed by atoms with van der Waals surface area (Å²) in [7, 11) is 0. The Bertz CT molecular complexity index is 504. The van der Waals surface area contributed by atoms with E-state index in [9.17, 15) is 19.3 Å². The molecule has 0 aliphatic carbocycles. The minimum absolute atomic E-state index is 0.00639. The maximum Gasteiger partial charge on any atom is 0.328 e. The van der Waals surface area contributed by atoms with Gasteiger partial charge in [-0.15, -0.1) is 0 Å². The summed E-state index contributed by atoms with van der Waals surface area (Å²) in [5, 5.41) is 19.6. The second-order valence-electron chi connectivity index (χ2n) is 4.25. The van der Waals surface area contributed by atoms with Crippen molar-refractivity contribution in [2.75, 3.05) is 0 Å². The zero-order chi connectivity index (χ0) is 14.1. The highest BCUT2D eigenvalue weighted by Gasteiger charge is 2.40. The molecular weight excluding hydrogens is 243 g/mol. The lowest BCUT2D eigenvalue weighted by molar-refractivity contribution is -0.387. The number of hydrogen-bond donors (Lipinski definition) is 2. The predicted molar refractivity (Wildman–Crippen MR) is 61.4 cm³/mol. The summed E-state index contributed by atoms with van der Waals surface area (Å²) < 4.78 is 13.5. The Kier molecular flexibility index (Phi) is 3.66. The fourth-order valence-corrected chi connectivity index (χ4v) is 1.62. The van der Waals surface area contributed by atoms with Crippen LogP contribution in [0.2, 0.25) is 0 Å². The van der Waals surface area contributed by atoms with E-state index in [2.05, 4.69) is 0 Å². The van der Waals surface area contributed by atoms with E-state index in [0.29, 0.717) is 0 Å². The quantitative estimate of drug-likeness (QED) is 0.629. The molecule has 3 N–H and O–H groups in total. The molecule has 0 aliphatic rings. The lowest BCUT2D eigenvalue weighted by Gasteiger charge is -2.29. The van der Waals surface area contributed by atoms with Gasteiger partial charge in [0.2, 0.25) is 5.82 Å². The number of aliphatic carboxylic acids is 1. The highest BCUT2D eigenvalue weighted by molar-refractivity contribution is 5.81. The van der Waals surface area contributed by atoms with E-state index in [0.717, 1.165) is 18.2 Å². The topological polar surface area (TPSA) is 106 Å². The van der Waals surface area contributed by atoms with E-state index in [1.807, 2.05) is 0 Å². The van der Waals surface area contributed by atoms with E-state index < -0.39 is 33.9 Å².